The molecule has 5 aliphatic carbocycles. The van der Waals surface area contributed by atoms with Gasteiger partial charge in [-0.1, -0.05) is 53.7 Å². The highest BCUT2D eigenvalue weighted by atomic mass is 16.3. The van der Waals surface area contributed by atoms with Gasteiger partial charge in [0.2, 0.25) is 0 Å². The second-order valence-electron chi connectivity index (χ2n) is 13.4. The van der Waals surface area contributed by atoms with Gasteiger partial charge in [-0.15, -0.1) is 0 Å². The van der Waals surface area contributed by atoms with Gasteiger partial charge in [0.1, 0.15) is 0 Å². The molecular weight excluding hydrogens is 352 g/mol. The maximum absolute atomic E-state index is 10.8. The van der Waals surface area contributed by atoms with Gasteiger partial charge in [0.25, 0.3) is 0 Å². The molecule has 164 valence electrons. The fraction of sp³-hybridized carbons (Fsp3) is 0.929. The van der Waals surface area contributed by atoms with Crippen LogP contribution < -0.4 is 0 Å². The predicted octanol–water partition coefficient (Wildman–Crippen LogP) is 7.24. The Morgan fingerprint density at radius 3 is 2.24 bits per heavy atom. The van der Waals surface area contributed by atoms with Crippen LogP contribution in [0.5, 0.6) is 0 Å². The van der Waals surface area contributed by atoms with Crippen molar-refractivity contribution in [1.82, 2.24) is 0 Å². The molecule has 5 fully saturated rings. The monoisotopic (exact) mass is 398 g/mol. The van der Waals surface area contributed by atoms with Gasteiger partial charge in [0.15, 0.2) is 0 Å². The summed E-state index contributed by atoms with van der Waals surface area (Å²) in [6.45, 7) is 14.6. The zero-order valence-electron chi connectivity index (χ0n) is 20.0. The third-order valence-electron chi connectivity index (χ3n) is 11.8. The van der Waals surface area contributed by atoms with Gasteiger partial charge in [-0.25, -0.2) is 0 Å². The van der Waals surface area contributed by atoms with E-state index in [1.54, 1.807) is 0 Å². The van der Waals surface area contributed by atoms with E-state index < -0.39 is 0 Å². The van der Waals surface area contributed by atoms with E-state index in [0.717, 1.165) is 36.0 Å². The van der Waals surface area contributed by atoms with Crippen LogP contribution in [0, 0.1) is 57.2 Å². The van der Waals surface area contributed by atoms with Gasteiger partial charge in [0.05, 0.1) is 6.10 Å². The summed E-state index contributed by atoms with van der Waals surface area (Å²) in [4.78, 5) is 0. The molecule has 0 amide bonds. The lowest BCUT2D eigenvalue weighted by Gasteiger charge is -2.59. The van der Waals surface area contributed by atoms with E-state index in [1.165, 1.54) is 51.4 Å². The van der Waals surface area contributed by atoms with Crippen molar-refractivity contribution in [2.45, 2.75) is 105 Å². The average Bonchev–Trinajstić information content (AvgIpc) is 3.20. The van der Waals surface area contributed by atoms with Crippen molar-refractivity contribution in [2.75, 3.05) is 0 Å². The van der Waals surface area contributed by atoms with Crippen molar-refractivity contribution < 1.29 is 5.11 Å². The fourth-order valence-electron chi connectivity index (χ4n) is 10.3. The van der Waals surface area contributed by atoms with Crippen molar-refractivity contribution >= 4 is 0 Å². The Labute approximate surface area is 180 Å². The van der Waals surface area contributed by atoms with E-state index in [9.17, 15) is 5.11 Å². The van der Waals surface area contributed by atoms with Crippen LogP contribution in [0.15, 0.2) is 12.2 Å². The number of allylic oxidation sites excluding steroid dienone is 2. The van der Waals surface area contributed by atoms with Crippen LogP contribution in [-0.2, 0) is 0 Å². The first kappa shape index (κ1) is 20.6. The minimum Gasteiger partial charge on any atom is -0.393 e. The molecule has 5 aliphatic rings. The molecule has 1 heteroatoms. The SMILES string of the molecule is CC(C)/C=C/[C@@H](C)[C@@H]1CC[C@H]2[C@@H]3CC[C@H]4C(C)(C)[C@@H](O)CC[C@@]45C[C@@]35CC[C@]12C. The second-order valence-corrected chi connectivity index (χ2v) is 13.4. The van der Waals surface area contributed by atoms with Crippen molar-refractivity contribution in [3.05, 3.63) is 12.2 Å². The number of rotatable bonds is 3. The molecule has 0 radical (unpaired) electrons. The van der Waals surface area contributed by atoms with Gasteiger partial charge in [-0.3, -0.25) is 0 Å². The summed E-state index contributed by atoms with van der Waals surface area (Å²) in [5, 5.41) is 10.8. The van der Waals surface area contributed by atoms with Gasteiger partial charge < -0.3 is 5.11 Å². The summed E-state index contributed by atoms with van der Waals surface area (Å²) in [5.74, 6) is 5.00. The lowest BCUT2D eigenvalue weighted by molar-refractivity contribution is -0.133. The molecule has 5 saturated carbocycles. The van der Waals surface area contributed by atoms with Crippen LogP contribution >= 0.6 is 0 Å². The number of hydrogen-bond donors (Lipinski definition) is 1. The molecule has 0 heterocycles. The second kappa shape index (κ2) is 6.36. The molecule has 0 aliphatic heterocycles. The summed E-state index contributed by atoms with van der Waals surface area (Å²) < 4.78 is 0. The molecule has 0 bridgehead atoms. The standard InChI is InChI=1S/C28H46O/c1-18(2)7-8-19(3)20-9-10-21-22-11-12-23-25(4,5)24(29)13-14-28(23)17-27(22,28)16-15-26(20,21)6/h7-8,18-24,29H,9-17H2,1-6H3/b8-7+/t19-,20+,21+,22+,23+,24+,26-,27+,28-/m1/s1. The van der Waals surface area contributed by atoms with E-state index in [0.29, 0.717) is 22.2 Å². The third-order valence-corrected chi connectivity index (χ3v) is 11.8. The lowest BCUT2D eigenvalue weighted by Crippen LogP contribution is -2.54. The molecule has 1 N–H and O–H groups in total. The van der Waals surface area contributed by atoms with E-state index in [4.69, 9.17) is 0 Å². The number of aliphatic hydroxyl groups is 1. The number of fused-ring (bicyclic) bond motifs is 2. The molecule has 0 aromatic carbocycles. The number of hydrogen-bond acceptors (Lipinski definition) is 1. The molecule has 2 spiro atoms. The molecule has 5 rings (SSSR count). The summed E-state index contributed by atoms with van der Waals surface area (Å²) in [5.41, 5.74) is 1.95. The van der Waals surface area contributed by atoms with Crippen LogP contribution in [-0.4, -0.2) is 11.2 Å². The Balaban J connectivity index is 1.41. The van der Waals surface area contributed by atoms with Gasteiger partial charge in [0, 0.05) is 0 Å². The molecule has 0 saturated heterocycles. The molecule has 9 atom stereocenters. The van der Waals surface area contributed by atoms with Crippen LogP contribution in [0.1, 0.15) is 99.3 Å². The zero-order valence-corrected chi connectivity index (χ0v) is 20.0. The lowest BCUT2D eigenvalue weighted by atomic mass is 9.46. The minimum atomic E-state index is -0.0781. The van der Waals surface area contributed by atoms with Crippen LogP contribution in [0.4, 0.5) is 0 Å². The highest BCUT2D eigenvalue weighted by molar-refractivity contribution is 5.28. The predicted molar refractivity (Wildman–Crippen MR) is 121 cm³/mol. The normalized spacial score (nSPS) is 53.9. The summed E-state index contributed by atoms with van der Waals surface area (Å²) in [6, 6.07) is 0. The average molecular weight is 399 g/mol. The summed E-state index contributed by atoms with van der Waals surface area (Å²) in [7, 11) is 0. The van der Waals surface area contributed by atoms with Gasteiger partial charge >= 0.3 is 0 Å². The molecule has 1 nitrogen and oxygen atoms in total. The zero-order chi connectivity index (χ0) is 20.8. The van der Waals surface area contributed by atoms with E-state index in [1.807, 2.05) is 0 Å². The van der Waals surface area contributed by atoms with E-state index in [-0.39, 0.29) is 11.5 Å². The molecule has 0 aromatic heterocycles. The van der Waals surface area contributed by atoms with Crippen molar-refractivity contribution in [1.29, 1.82) is 0 Å². The summed E-state index contributed by atoms with van der Waals surface area (Å²) >= 11 is 0. The van der Waals surface area contributed by atoms with Gasteiger partial charge in [-0.05, 0) is 115 Å². The maximum Gasteiger partial charge on any atom is 0.0594 e. The van der Waals surface area contributed by atoms with Crippen LogP contribution in [0.2, 0.25) is 0 Å². The highest BCUT2D eigenvalue weighted by Crippen LogP contribution is 2.87. The molecule has 29 heavy (non-hydrogen) atoms. The van der Waals surface area contributed by atoms with E-state index in [2.05, 4.69) is 53.7 Å². The topological polar surface area (TPSA) is 20.2 Å². The Hall–Kier alpha value is -0.300. The Kier molecular flexibility index (Phi) is 4.52. The van der Waals surface area contributed by atoms with Crippen LogP contribution in [0.25, 0.3) is 0 Å². The maximum atomic E-state index is 10.8. The molecule has 0 aromatic rings. The number of aliphatic hydroxyl groups excluding tert-OH is 1. The van der Waals surface area contributed by atoms with E-state index >= 15 is 0 Å². The van der Waals surface area contributed by atoms with Crippen molar-refractivity contribution in [2.24, 2.45) is 57.2 Å². The minimum absolute atomic E-state index is 0.0781. The van der Waals surface area contributed by atoms with Crippen molar-refractivity contribution in [3.8, 4) is 0 Å². The molecular formula is C28H46O. The smallest absolute Gasteiger partial charge is 0.0594 e. The molecule has 0 unspecified atom stereocenters. The Morgan fingerprint density at radius 2 is 1.52 bits per heavy atom. The largest absolute Gasteiger partial charge is 0.393 e. The third kappa shape index (κ3) is 2.55. The van der Waals surface area contributed by atoms with Crippen molar-refractivity contribution in [3.63, 3.8) is 0 Å². The van der Waals surface area contributed by atoms with Crippen LogP contribution in [0.3, 0.4) is 0 Å². The fourth-order valence-corrected chi connectivity index (χ4v) is 10.3. The quantitative estimate of drug-likeness (QED) is 0.497. The van der Waals surface area contributed by atoms with Gasteiger partial charge in [-0.2, -0.15) is 0 Å². The first-order valence-electron chi connectivity index (χ1n) is 12.9. The highest BCUT2D eigenvalue weighted by Gasteiger charge is 2.80. The Bertz CT molecular complexity index is 690. The first-order valence-corrected chi connectivity index (χ1v) is 12.9. The first-order chi connectivity index (χ1) is 13.6. The summed E-state index contributed by atoms with van der Waals surface area (Å²) in [6.07, 6.45) is 17.5. The Morgan fingerprint density at radius 1 is 0.793 bits per heavy atom.